The van der Waals surface area contributed by atoms with Crippen LogP contribution in [0.3, 0.4) is 0 Å². The Balaban J connectivity index is 1.52. The highest BCUT2D eigenvalue weighted by atomic mass is 16.3. The highest BCUT2D eigenvalue weighted by Gasteiger charge is 2.21. The Hall–Kier alpha value is -3.80. The molecule has 31 heavy (non-hydrogen) atoms. The van der Waals surface area contributed by atoms with Crippen LogP contribution in [0.25, 0.3) is 11.0 Å². The van der Waals surface area contributed by atoms with Gasteiger partial charge in [-0.15, -0.1) is 0 Å². The smallest absolute Gasteiger partial charge is 0.244 e. The Kier molecular flexibility index (Phi) is 5.89. The van der Waals surface area contributed by atoms with E-state index in [1.54, 1.807) is 36.8 Å². The monoisotopic (exact) mass is 416 g/mol. The van der Waals surface area contributed by atoms with Gasteiger partial charge in [0.1, 0.15) is 17.9 Å². The fraction of sp³-hybridized carbons (Fsp3) is 0.200. The minimum Gasteiger partial charge on any atom is -0.467 e. The molecule has 0 atom stereocenters. The van der Waals surface area contributed by atoms with E-state index in [1.165, 1.54) is 4.90 Å². The molecular weight excluding hydrogens is 392 g/mol. The SMILES string of the molecule is Cc1cc2occ(CC(=O)N(CC(=O)Nc3ccccc3)Cc3ccco3)c2cc1C. The van der Waals surface area contributed by atoms with E-state index in [-0.39, 0.29) is 31.3 Å². The van der Waals surface area contributed by atoms with E-state index >= 15 is 0 Å². The van der Waals surface area contributed by atoms with Crippen molar-refractivity contribution in [2.75, 3.05) is 11.9 Å². The third-order valence-corrected chi connectivity index (χ3v) is 5.28. The Bertz CT molecular complexity index is 1190. The molecule has 0 saturated carbocycles. The van der Waals surface area contributed by atoms with Gasteiger partial charge < -0.3 is 19.1 Å². The van der Waals surface area contributed by atoms with Gasteiger partial charge in [0.05, 0.1) is 25.5 Å². The quantitative estimate of drug-likeness (QED) is 0.467. The van der Waals surface area contributed by atoms with E-state index in [1.807, 2.05) is 44.2 Å². The van der Waals surface area contributed by atoms with Gasteiger partial charge in [0.2, 0.25) is 11.8 Å². The molecule has 2 amide bonds. The van der Waals surface area contributed by atoms with E-state index in [2.05, 4.69) is 5.32 Å². The van der Waals surface area contributed by atoms with Crippen molar-refractivity contribution < 1.29 is 18.4 Å². The second-order valence-corrected chi connectivity index (χ2v) is 7.61. The first kappa shape index (κ1) is 20.5. The lowest BCUT2D eigenvalue weighted by Crippen LogP contribution is -2.38. The first-order valence-electron chi connectivity index (χ1n) is 10.1. The van der Waals surface area contributed by atoms with Crippen LogP contribution in [0.5, 0.6) is 0 Å². The average molecular weight is 416 g/mol. The predicted octanol–water partition coefficient (Wildman–Crippen LogP) is 4.85. The number of fused-ring (bicyclic) bond motifs is 1. The number of amides is 2. The molecule has 158 valence electrons. The second-order valence-electron chi connectivity index (χ2n) is 7.61. The lowest BCUT2D eigenvalue weighted by Gasteiger charge is -2.21. The summed E-state index contributed by atoms with van der Waals surface area (Å²) in [4.78, 5) is 27.3. The standard InChI is InChI=1S/C25H24N2O4/c1-17-11-22-19(16-31-23(22)12-18(17)2)13-25(29)27(14-21-9-6-10-30-21)15-24(28)26-20-7-4-3-5-8-20/h3-12,16H,13-15H2,1-2H3,(H,26,28). The summed E-state index contributed by atoms with van der Waals surface area (Å²) in [5.41, 5.74) is 4.51. The molecule has 0 radical (unpaired) electrons. The van der Waals surface area contributed by atoms with Gasteiger partial charge in [-0.3, -0.25) is 9.59 Å². The summed E-state index contributed by atoms with van der Waals surface area (Å²) in [5, 5.41) is 3.75. The molecule has 0 aliphatic heterocycles. The average Bonchev–Trinajstić information content (AvgIpc) is 3.39. The lowest BCUT2D eigenvalue weighted by molar-refractivity contribution is -0.134. The fourth-order valence-corrected chi connectivity index (χ4v) is 3.47. The number of rotatable bonds is 7. The first-order chi connectivity index (χ1) is 15.0. The van der Waals surface area contributed by atoms with Crippen LogP contribution in [0.1, 0.15) is 22.5 Å². The van der Waals surface area contributed by atoms with Crippen LogP contribution in [-0.4, -0.2) is 23.3 Å². The molecule has 0 spiro atoms. The lowest BCUT2D eigenvalue weighted by atomic mass is 10.0. The van der Waals surface area contributed by atoms with Crippen LogP contribution in [0.4, 0.5) is 5.69 Å². The minimum atomic E-state index is -0.269. The van der Waals surface area contributed by atoms with E-state index in [9.17, 15) is 9.59 Å². The summed E-state index contributed by atoms with van der Waals surface area (Å²) < 4.78 is 11.1. The Morgan fingerprint density at radius 2 is 1.74 bits per heavy atom. The zero-order valence-corrected chi connectivity index (χ0v) is 17.6. The van der Waals surface area contributed by atoms with Gasteiger partial charge in [-0.1, -0.05) is 18.2 Å². The minimum absolute atomic E-state index is 0.0810. The van der Waals surface area contributed by atoms with Crippen LogP contribution < -0.4 is 5.32 Å². The van der Waals surface area contributed by atoms with Gasteiger partial charge in [-0.25, -0.2) is 0 Å². The molecule has 0 aliphatic carbocycles. The van der Waals surface area contributed by atoms with Crippen molar-refractivity contribution in [1.29, 1.82) is 0 Å². The van der Waals surface area contributed by atoms with Crippen molar-refractivity contribution >= 4 is 28.5 Å². The van der Waals surface area contributed by atoms with Crippen LogP contribution in [0, 0.1) is 13.8 Å². The number of hydrogen-bond donors (Lipinski definition) is 1. The number of nitrogens with zero attached hydrogens (tertiary/aromatic N) is 1. The van der Waals surface area contributed by atoms with Crippen molar-refractivity contribution in [3.05, 3.63) is 89.6 Å². The largest absolute Gasteiger partial charge is 0.467 e. The summed E-state index contributed by atoms with van der Waals surface area (Å²) in [6.07, 6.45) is 3.31. The summed E-state index contributed by atoms with van der Waals surface area (Å²) >= 11 is 0. The van der Waals surface area contributed by atoms with Crippen LogP contribution in [0.2, 0.25) is 0 Å². The third kappa shape index (κ3) is 4.86. The molecule has 1 N–H and O–H groups in total. The normalized spacial score (nSPS) is 10.9. The van der Waals surface area contributed by atoms with E-state index in [0.29, 0.717) is 11.4 Å². The maximum Gasteiger partial charge on any atom is 0.244 e. The second kappa shape index (κ2) is 8.92. The molecule has 0 fully saturated rings. The number of benzene rings is 2. The molecule has 6 nitrogen and oxygen atoms in total. The maximum absolute atomic E-state index is 13.2. The molecule has 2 aromatic carbocycles. The molecule has 0 bridgehead atoms. The summed E-state index contributed by atoms with van der Waals surface area (Å²) in [7, 11) is 0. The Morgan fingerprint density at radius 3 is 2.48 bits per heavy atom. The van der Waals surface area contributed by atoms with Crippen LogP contribution >= 0.6 is 0 Å². The van der Waals surface area contributed by atoms with Gasteiger partial charge in [0, 0.05) is 16.6 Å². The molecule has 2 aromatic heterocycles. The van der Waals surface area contributed by atoms with Gasteiger partial charge in [0.15, 0.2) is 0 Å². The number of hydrogen-bond acceptors (Lipinski definition) is 4. The predicted molar refractivity (Wildman–Crippen MR) is 119 cm³/mol. The maximum atomic E-state index is 13.2. The first-order valence-corrected chi connectivity index (χ1v) is 10.1. The zero-order chi connectivity index (χ0) is 21.8. The number of para-hydroxylation sites is 1. The summed E-state index contributed by atoms with van der Waals surface area (Å²) in [5.74, 6) is 0.166. The Morgan fingerprint density at radius 1 is 0.968 bits per heavy atom. The molecular formula is C25H24N2O4. The van der Waals surface area contributed by atoms with Crippen molar-refractivity contribution in [1.82, 2.24) is 4.90 Å². The highest BCUT2D eigenvalue weighted by molar-refractivity contribution is 5.95. The Labute approximate surface area is 180 Å². The third-order valence-electron chi connectivity index (χ3n) is 5.28. The number of furan rings is 2. The fourth-order valence-electron chi connectivity index (χ4n) is 3.47. The van der Waals surface area contributed by atoms with E-state index < -0.39 is 0 Å². The van der Waals surface area contributed by atoms with Crippen molar-refractivity contribution in [3.63, 3.8) is 0 Å². The van der Waals surface area contributed by atoms with Crippen molar-refractivity contribution in [2.24, 2.45) is 0 Å². The molecule has 0 unspecified atom stereocenters. The van der Waals surface area contributed by atoms with Gasteiger partial charge >= 0.3 is 0 Å². The van der Waals surface area contributed by atoms with Crippen molar-refractivity contribution in [2.45, 2.75) is 26.8 Å². The van der Waals surface area contributed by atoms with Gasteiger partial charge in [0.25, 0.3) is 0 Å². The molecule has 2 heterocycles. The highest BCUT2D eigenvalue weighted by Crippen LogP contribution is 2.25. The summed E-state index contributed by atoms with van der Waals surface area (Å²) in [6.45, 7) is 4.19. The van der Waals surface area contributed by atoms with Crippen molar-refractivity contribution in [3.8, 4) is 0 Å². The van der Waals surface area contributed by atoms with Gasteiger partial charge in [-0.05, 0) is 61.4 Å². The number of nitrogens with one attached hydrogen (secondary N) is 1. The zero-order valence-electron chi connectivity index (χ0n) is 17.6. The van der Waals surface area contributed by atoms with Crippen LogP contribution in [0.15, 0.2) is 76.0 Å². The van der Waals surface area contributed by atoms with Gasteiger partial charge in [-0.2, -0.15) is 0 Å². The summed E-state index contributed by atoms with van der Waals surface area (Å²) in [6, 6.07) is 16.7. The molecule has 4 rings (SSSR count). The molecule has 4 aromatic rings. The number of anilines is 1. The number of carbonyl (C=O) groups is 2. The topological polar surface area (TPSA) is 75.7 Å². The number of aryl methyl sites for hydroxylation is 2. The molecule has 0 saturated heterocycles. The number of carbonyl (C=O) groups excluding carboxylic acids is 2. The van der Waals surface area contributed by atoms with E-state index in [0.717, 1.165) is 27.7 Å². The molecule has 0 aliphatic rings. The molecule has 6 heteroatoms. The van der Waals surface area contributed by atoms with Crippen LogP contribution in [-0.2, 0) is 22.6 Å². The van der Waals surface area contributed by atoms with E-state index in [4.69, 9.17) is 8.83 Å².